The molecule has 2 aliphatic rings. The molecule has 5 heteroatoms. The van der Waals surface area contributed by atoms with E-state index in [0.717, 1.165) is 71.7 Å². The van der Waals surface area contributed by atoms with Gasteiger partial charge in [-0.2, -0.15) is 0 Å². The Labute approximate surface area is 151 Å². The molecule has 2 atom stereocenters. The lowest BCUT2D eigenvalue weighted by molar-refractivity contribution is -0.00760. The van der Waals surface area contributed by atoms with E-state index in [1.54, 1.807) is 0 Å². The number of likely N-dealkylation sites (tertiary alicyclic amines) is 1. The summed E-state index contributed by atoms with van der Waals surface area (Å²) in [7, 11) is 0. The van der Waals surface area contributed by atoms with Crippen LogP contribution in [0.15, 0.2) is 30.3 Å². The molecule has 1 aromatic rings. The normalized spacial score (nSPS) is 27.6. The van der Waals surface area contributed by atoms with Crippen LogP contribution >= 0.6 is 0 Å². The third-order valence-electron chi connectivity index (χ3n) is 5.58. The molecule has 0 bridgehead atoms. The maximum absolute atomic E-state index is 11.0. The third kappa shape index (κ3) is 5.50. The van der Waals surface area contributed by atoms with E-state index in [1.165, 1.54) is 5.56 Å². The van der Waals surface area contributed by atoms with Gasteiger partial charge in [0.1, 0.15) is 0 Å². The van der Waals surface area contributed by atoms with Crippen molar-refractivity contribution in [3.63, 3.8) is 0 Å². The minimum absolute atomic E-state index is 0.211. The molecule has 5 nitrogen and oxygen atoms in total. The van der Waals surface area contributed by atoms with Crippen LogP contribution in [0.1, 0.15) is 25.3 Å². The molecule has 140 valence electrons. The highest BCUT2D eigenvalue weighted by molar-refractivity contribution is 5.15. The molecule has 2 fully saturated rings. The van der Waals surface area contributed by atoms with E-state index in [1.807, 2.05) is 13.0 Å². The lowest BCUT2D eigenvalue weighted by atomic mass is 10.0. The fourth-order valence-corrected chi connectivity index (χ4v) is 4.02. The minimum atomic E-state index is -0.583. The largest absolute Gasteiger partial charge is 0.392 e. The Kier molecular flexibility index (Phi) is 6.47. The molecular formula is C20H33N3O2. The van der Waals surface area contributed by atoms with Gasteiger partial charge in [0.25, 0.3) is 0 Å². The Bertz CT molecular complexity index is 519. The predicted octanol–water partition coefficient (Wildman–Crippen LogP) is 1.01. The lowest BCUT2D eigenvalue weighted by Crippen LogP contribution is -2.53. The molecular weight excluding hydrogens is 314 g/mol. The molecule has 2 saturated heterocycles. The van der Waals surface area contributed by atoms with Crippen molar-refractivity contribution < 1.29 is 10.2 Å². The maximum atomic E-state index is 11.0. The third-order valence-corrected chi connectivity index (χ3v) is 5.58. The number of rotatable bonds is 7. The van der Waals surface area contributed by atoms with Crippen LogP contribution in [-0.2, 0) is 6.54 Å². The van der Waals surface area contributed by atoms with Gasteiger partial charge >= 0.3 is 0 Å². The molecule has 2 unspecified atom stereocenters. The first-order chi connectivity index (χ1) is 12.1. The molecule has 1 aromatic carbocycles. The quantitative estimate of drug-likeness (QED) is 0.771. The van der Waals surface area contributed by atoms with Crippen molar-refractivity contribution in [3.05, 3.63) is 35.9 Å². The lowest BCUT2D eigenvalue weighted by Gasteiger charge is -2.38. The zero-order valence-corrected chi connectivity index (χ0v) is 15.5. The molecule has 0 aliphatic carbocycles. The van der Waals surface area contributed by atoms with Crippen LogP contribution in [0, 0.1) is 0 Å². The monoisotopic (exact) mass is 347 g/mol. The summed E-state index contributed by atoms with van der Waals surface area (Å²) in [4.78, 5) is 7.09. The van der Waals surface area contributed by atoms with Crippen LogP contribution in [0.25, 0.3) is 0 Å². The van der Waals surface area contributed by atoms with E-state index in [0.29, 0.717) is 0 Å². The summed E-state index contributed by atoms with van der Waals surface area (Å²) in [5.41, 5.74) is 0.731. The second kappa shape index (κ2) is 8.60. The van der Waals surface area contributed by atoms with Gasteiger partial charge < -0.3 is 10.2 Å². The average Bonchev–Trinajstić information content (AvgIpc) is 2.98. The zero-order chi connectivity index (χ0) is 17.7. The van der Waals surface area contributed by atoms with Crippen LogP contribution < -0.4 is 0 Å². The SMILES string of the molecule is CCC(O)CN1CCN(CC2(O)CCN(Cc3ccccc3)C2)CC1. The van der Waals surface area contributed by atoms with Crippen molar-refractivity contribution in [2.24, 2.45) is 0 Å². The molecule has 2 N–H and O–H groups in total. The summed E-state index contributed by atoms with van der Waals surface area (Å²) in [5, 5.41) is 20.8. The fourth-order valence-electron chi connectivity index (χ4n) is 4.02. The fraction of sp³-hybridized carbons (Fsp3) is 0.700. The number of nitrogens with zero attached hydrogens (tertiary/aromatic N) is 3. The first kappa shape index (κ1) is 18.8. The Hall–Kier alpha value is -0.980. The number of piperazine rings is 1. The smallest absolute Gasteiger partial charge is 0.0912 e. The highest BCUT2D eigenvalue weighted by Gasteiger charge is 2.38. The number of aliphatic hydroxyl groups excluding tert-OH is 1. The van der Waals surface area contributed by atoms with Crippen molar-refractivity contribution >= 4 is 0 Å². The summed E-state index contributed by atoms with van der Waals surface area (Å²) in [6.07, 6.45) is 1.46. The first-order valence-electron chi connectivity index (χ1n) is 9.68. The van der Waals surface area contributed by atoms with Crippen LogP contribution in [0.5, 0.6) is 0 Å². The molecule has 0 amide bonds. The summed E-state index contributed by atoms with van der Waals surface area (Å²) in [6.45, 7) is 10.2. The molecule has 3 rings (SSSR count). The van der Waals surface area contributed by atoms with Crippen molar-refractivity contribution in [2.45, 2.75) is 38.0 Å². The van der Waals surface area contributed by atoms with Crippen molar-refractivity contribution in [1.29, 1.82) is 0 Å². The molecule has 0 spiro atoms. The van der Waals surface area contributed by atoms with E-state index in [-0.39, 0.29) is 6.10 Å². The van der Waals surface area contributed by atoms with Crippen molar-refractivity contribution in [3.8, 4) is 0 Å². The van der Waals surface area contributed by atoms with E-state index < -0.39 is 5.60 Å². The molecule has 0 aromatic heterocycles. The van der Waals surface area contributed by atoms with Crippen molar-refractivity contribution in [1.82, 2.24) is 14.7 Å². The Morgan fingerprint density at radius 2 is 1.68 bits per heavy atom. The van der Waals surface area contributed by atoms with Gasteiger partial charge in [0.2, 0.25) is 0 Å². The molecule has 25 heavy (non-hydrogen) atoms. The highest BCUT2D eigenvalue weighted by atomic mass is 16.3. The van der Waals surface area contributed by atoms with E-state index in [4.69, 9.17) is 0 Å². The Balaban J connectivity index is 1.43. The average molecular weight is 348 g/mol. The molecule has 2 heterocycles. The van der Waals surface area contributed by atoms with Gasteiger partial charge in [-0.1, -0.05) is 37.3 Å². The standard InChI is InChI=1S/C20H33N3O2/c1-2-19(24)15-21-10-12-22(13-11-21)16-20(25)8-9-23(17-20)14-18-6-4-3-5-7-18/h3-7,19,24-25H,2,8-17H2,1H3. The van der Waals surface area contributed by atoms with Gasteiger partial charge in [-0.05, 0) is 18.4 Å². The summed E-state index contributed by atoms with van der Waals surface area (Å²) >= 11 is 0. The predicted molar refractivity (Wildman–Crippen MR) is 100 cm³/mol. The number of aliphatic hydroxyl groups is 2. The van der Waals surface area contributed by atoms with Gasteiger partial charge in [-0.25, -0.2) is 0 Å². The Morgan fingerprint density at radius 1 is 1.00 bits per heavy atom. The Morgan fingerprint density at radius 3 is 2.36 bits per heavy atom. The second-order valence-corrected chi connectivity index (χ2v) is 7.81. The number of hydrogen-bond donors (Lipinski definition) is 2. The van der Waals surface area contributed by atoms with Crippen LogP contribution in [-0.4, -0.2) is 89.0 Å². The number of hydrogen-bond acceptors (Lipinski definition) is 5. The van der Waals surface area contributed by atoms with Gasteiger partial charge in [-0.3, -0.25) is 14.7 Å². The summed E-state index contributed by atoms with van der Waals surface area (Å²) in [5.74, 6) is 0. The summed E-state index contributed by atoms with van der Waals surface area (Å²) in [6, 6.07) is 10.5. The zero-order valence-electron chi connectivity index (χ0n) is 15.5. The molecule has 0 radical (unpaired) electrons. The number of benzene rings is 1. The van der Waals surface area contributed by atoms with Crippen molar-refractivity contribution in [2.75, 3.05) is 52.4 Å². The topological polar surface area (TPSA) is 50.2 Å². The van der Waals surface area contributed by atoms with E-state index in [9.17, 15) is 10.2 Å². The maximum Gasteiger partial charge on any atom is 0.0912 e. The molecule has 2 aliphatic heterocycles. The van der Waals surface area contributed by atoms with Crippen LogP contribution in [0.2, 0.25) is 0 Å². The molecule has 0 saturated carbocycles. The van der Waals surface area contributed by atoms with E-state index >= 15 is 0 Å². The minimum Gasteiger partial charge on any atom is -0.392 e. The second-order valence-electron chi connectivity index (χ2n) is 7.81. The van der Waals surface area contributed by atoms with Gasteiger partial charge in [0.15, 0.2) is 0 Å². The van der Waals surface area contributed by atoms with Crippen LogP contribution in [0.4, 0.5) is 0 Å². The van der Waals surface area contributed by atoms with Gasteiger partial charge in [0.05, 0.1) is 11.7 Å². The first-order valence-corrected chi connectivity index (χ1v) is 9.68. The van der Waals surface area contributed by atoms with E-state index in [2.05, 4.69) is 39.0 Å². The van der Waals surface area contributed by atoms with Crippen LogP contribution in [0.3, 0.4) is 0 Å². The van der Waals surface area contributed by atoms with Gasteiger partial charge in [0, 0.05) is 58.9 Å². The van der Waals surface area contributed by atoms with Gasteiger partial charge in [-0.15, -0.1) is 0 Å². The highest BCUT2D eigenvalue weighted by Crippen LogP contribution is 2.24. The summed E-state index contributed by atoms with van der Waals surface area (Å²) < 4.78 is 0. The number of β-amino-alcohol motifs (C(OH)–C–C–N with tert-alkyl or cyclic N) is 2.